The second kappa shape index (κ2) is 14.5. The van der Waals surface area contributed by atoms with Crippen molar-refractivity contribution in [2.75, 3.05) is 45.4 Å². The second-order valence-electron chi connectivity index (χ2n) is 6.84. The maximum Gasteiger partial charge on any atom is 0.158 e. The van der Waals surface area contributed by atoms with Crippen LogP contribution in [0.4, 0.5) is 5.69 Å². The van der Waals surface area contributed by atoms with Crippen LogP contribution in [-0.4, -0.2) is 39.6 Å². The lowest BCUT2D eigenvalue weighted by Gasteiger charge is -2.19. The first-order valence-corrected chi connectivity index (χ1v) is 11.9. The van der Waals surface area contributed by atoms with Gasteiger partial charge in [-0.25, -0.2) is 0 Å². The van der Waals surface area contributed by atoms with Gasteiger partial charge in [-0.1, -0.05) is 49.3 Å². The largest absolute Gasteiger partial charge is 0.488 e. The Kier molecular flexibility index (Phi) is 11.7. The van der Waals surface area contributed by atoms with Crippen LogP contribution in [0.3, 0.4) is 0 Å². The molecule has 0 heterocycles. The molecule has 0 unspecified atom stereocenters. The molecule has 0 aliphatic carbocycles. The molecule has 2 rings (SSSR count). The topological polar surface area (TPSA) is 111 Å². The number of para-hydroxylation sites is 1. The van der Waals surface area contributed by atoms with Gasteiger partial charge in [-0.2, -0.15) is 10.5 Å². The first-order valence-electron chi connectivity index (χ1n) is 10.7. The molecular formula is C24H28ClN3O4S. The summed E-state index contributed by atoms with van der Waals surface area (Å²) in [7, 11) is 0. The summed E-state index contributed by atoms with van der Waals surface area (Å²) >= 11 is 7.98. The third-order valence-corrected chi connectivity index (χ3v) is 5.97. The van der Waals surface area contributed by atoms with Crippen molar-refractivity contribution in [1.82, 2.24) is 0 Å². The van der Waals surface area contributed by atoms with Gasteiger partial charge < -0.3 is 24.7 Å². The number of hydrogen-bond donors (Lipinski definition) is 1. The van der Waals surface area contributed by atoms with E-state index in [0.29, 0.717) is 37.0 Å². The van der Waals surface area contributed by atoms with Gasteiger partial charge in [-0.3, -0.25) is 0 Å². The summed E-state index contributed by atoms with van der Waals surface area (Å²) in [6.45, 7) is 6.27. The lowest BCUT2D eigenvalue weighted by Crippen LogP contribution is -2.12. The number of ether oxygens (including phenoxy) is 4. The van der Waals surface area contributed by atoms with Gasteiger partial charge in [-0.05, 0) is 25.0 Å². The predicted molar refractivity (Wildman–Crippen MR) is 129 cm³/mol. The Morgan fingerprint density at radius 3 is 1.94 bits per heavy atom. The van der Waals surface area contributed by atoms with Crippen LogP contribution < -0.4 is 15.2 Å². The van der Waals surface area contributed by atoms with Crippen molar-refractivity contribution in [3.8, 4) is 23.6 Å². The molecule has 2 aromatic rings. The summed E-state index contributed by atoms with van der Waals surface area (Å²) in [5.74, 6) is 0.337. The lowest BCUT2D eigenvalue weighted by molar-refractivity contribution is 0.0984. The monoisotopic (exact) mass is 489 g/mol. The van der Waals surface area contributed by atoms with Crippen LogP contribution >= 0.6 is 23.4 Å². The van der Waals surface area contributed by atoms with Crippen molar-refractivity contribution in [1.29, 1.82) is 10.5 Å². The number of halogens is 1. The summed E-state index contributed by atoms with van der Waals surface area (Å²) in [6, 6.07) is 11.4. The number of nitrogens with zero attached hydrogens (tertiary/aromatic N) is 2. The Morgan fingerprint density at radius 1 is 0.848 bits per heavy atom. The highest BCUT2D eigenvalue weighted by molar-refractivity contribution is 7.99. The highest BCUT2D eigenvalue weighted by atomic mass is 35.5. The Balaban J connectivity index is 2.48. The van der Waals surface area contributed by atoms with Gasteiger partial charge in [0.15, 0.2) is 11.5 Å². The Labute approximate surface area is 204 Å². The van der Waals surface area contributed by atoms with E-state index in [1.54, 1.807) is 6.07 Å². The number of benzene rings is 2. The minimum atomic E-state index is 0.0212. The van der Waals surface area contributed by atoms with Gasteiger partial charge in [0.2, 0.25) is 0 Å². The molecule has 0 aliphatic heterocycles. The van der Waals surface area contributed by atoms with Crippen molar-refractivity contribution >= 4 is 29.1 Å². The van der Waals surface area contributed by atoms with E-state index < -0.39 is 0 Å². The molecule has 0 fully saturated rings. The summed E-state index contributed by atoms with van der Waals surface area (Å²) in [4.78, 5) is 1.18. The number of nitrogen functional groups attached to an aromatic ring is 1. The Morgan fingerprint density at radius 2 is 1.39 bits per heavy atom. The van der Waals surface area contributed by atoms with Crippen LogP contribution in [0.25, 0.3) is 0 Å². The summed E-state index contributed by atoms with van der Waals surface area (Å²) < 4.78 is 22.7. The van der Waals surface area contributed by atoms with Crippen molar-refractivity contribution in [2.45, 2.75) is 36.5 Å². The minimum Gasteiger partial charge on any atom is -0.488 e. The molecule has 0 bridgehead atoms. The molecule has 0 atom stereocenters. The van der Waals surface area contributed by atoms with Crippen molar-refractivity contribution in [3.05, 3.63) is 40.4 Å². The number of nitrogens with two attached hydrogens (primary N) is 1. The Hall–Kier alpha value is -2.62. The molecule has 2 aromatic carbocycles. The zero-order chi connectivity index (χ0) is 24.1. The lowest BCUT2D eigenvalue weighted by atomic mass is 10.1. The van der Waals surface area contributed by atoms with E-state index in [-0.39, 0.29) is 40.9 Å². The van der Waals surface area contributed by atoms with E-state index in [9.17, 15) is 10.5 Å². The van der Waals surface area contributed by atoms with E-state index in [1.165, 1.54) is 11.8 Å². The molecule has 0 aromatic heterocycles. The summed E-state index contributed by atoms with van der Waals surface area (Å²) in [5.41, 5.74) is 6.75. The maximum atomic E-state index is 9.90. The molecule has 2 N–H and O–H groups in total. The van der Waals surface area contributed by atoms with Crippen molar-refractivity contribution in [3.63, 3.8) is 0 Å². The normalized spacial score (nSPS) is 10.5. The van der Waals surface area contributed by atoms with Crippen LogP contribution in [0.5, 0.6) is 11.5 Å². The number of hydrogen-bond acceptors (Lipinski definition) is 8. The van der Waals surface area contributed by atoms with Gasteiger partial charge in [0.1, 0.15) is 41.5 Å². The maximum absolute atomic E-state index is 9.90. The van der Waals surface area contributed by atoms with Gasteiger partial charge in [0, 0.05) is 23.8 Å². The summed E-state index contributed by atoms with van der Waals surface area (Å²) in [6.07, 6.45) is 1.77. The fourth-order valence-corrected chi connectivity index (χ4v) is 4.15. The zero-order valence-electron chi connectivity index (χ0n) is 18.9. The minimum absolute atomic E-state index is 0.0212. The highest BCUT2D eigenvalue weighted by Crippen LogP contribution is 2.49. The third kappa shape index (κ3) is 7.45. The van der Waals surface area contributed by atoms with Gasteiger partial charge in [0.05, 0.1) is 18.1 Å². The van der Waals surface area contributed by atoms with Gasteiger partial charge in [-0.15, -0.1) is 0 Å². The van der Waals surface area contributed by atoms with Crippen molar-refractivity contribution in [2.24, 2.45) is 0 Å². The molecule has 9 heteroatoms. The zero-order valence-corrected chi connectivity index (χ0v) is 20.4. The van der Waals surface area contributed by atoms with E-state index >= 15 is 0 Å². The van der Waals surface area contributed by atoms with Crippen LogP contribution in [0.15, 0.2) is 34.1 Å². The summed E-state index contributed by atoms with van der Waals surface area (Å²) in [5, 5.41) is 19.9. The average molecular weight is 490 g/mol. The molecule has 33 heavy (non-hydrogen) atoms. The smallest absolute Gasteiger partial charge is 0.158 e. The molecule has 7 nitrogen and oxygen atoms in total. The number of rotatable bonds is 14. The first kappa shape index (κ1) is 26.6. The van der Waals surface area contributed by atoms with Crippen LogP contribution in [0.2, 0.25) is 5.02 Å². The van der Waals surface area contributed by atoms with E-state index in [1.807, 2.05) is 38.1 Å². The SMILES string of the molecule is CCCOCCOc1c(Cl)c(Sc2ccccc2N)c(OCCOCCC)c(C#N)c1C#N. The van der Waals surface area contributed by atoms with E-state index in [2.05, 4.69) is 6.07 Å². The quantitative estimate of drug-likeness (QED) is 0.276. The van der Waals surface area contributed by atoms with Crippen molar-refractivity contribution < 1.29 is 18.9 Å². The first-order chi connectivity index (χ1) is 16.1. The standard InChI is InChI=1S/C24H28ClN3O4S/c1-3-9-29-11-13-31-22-17(15-26)18(16-27)23(32-14-12-30-10-4-2)24(21(22)25)33-20-8-6-5-7-19(20)28/h5-8H,3-4,9-14,28H2,1-2H3. The average Bonchev–Trinajstić information content (AvgIpc) is 2.82. The predicted octanol–water partition coefficient (Wildman–Crippen LogP) is 5.43. The number of anilines is 1. The Bertz CT molecular complexity index is 1000. The molecule has 176 valence electrons. The number of nitriles is 2. The van der Waals surface area contributed by atoms with E-state index in [0.717, 1.165) is 17.7 Å². The molecule has 0 saturated carbocycles. The fourth-order valence-electron chi connectivity index (χ4n) is 2.81. The molecule has 0 amide bonds. The van der Waals surface area contributed by atoms with Crippen LogP contribution in [0.1, 0.15) is 37.8 Å². The van der Waals surface area contributed by atoms with Gasteiger partial charge >= 0.3 is 0 Å². The fraction of sp³-hybridized carbons (Fsp3) is 0.417. The van der Waals surface area contributed by atoms with Gasteiger partial charge in [0.25, 0.3) is 0 Å². The molecule has 0 radical (unpaired) electrons. The molecule has 0 saturated heterocycles. The molecule has 0 aliphatic rings. The molecular weight excluding hydrogens is 462 g/mol. The second-order valence-corrected chi connectivity index (χ2v) is 8.27. The van der Waals surface area contributed by atoms with Crippen LogP contribution in [0, 0.1) is 22.7 Å². The van der Waals surface area contributed by atoms with Crippen LogP contribution in [-0.2, 0) is 9.47 Å². The third-order valence-electron chi connectivity index (χ3n) is 4.31. The highest BCUT2D eigenvalue weighted by Gasteiger charge is 2.27. The van der Waals surface area contributed by atoms with E-state index in [4.69, 9.17) is 36.3 Å². The molecule has 0 spiro atoms.